The highest BCUT2D eigenvalue weighted by molar-refractivity contribution is 6.08. The van der Waals surface area contributed by atoms with E-state index in [9.17, 15) is 19.2 Å². The van der Waals surface area contributed by atoms with Gasteiger partial charge in [0.25, 0.3) is 5.91 Å². The van der Waals surface area contributed by atoms with Crippen molar-refractivity contribution in [2.45, 2.75) is 46.1 Å². The van der Waals surface area contributed by atoms with Gasteiger partial charge in [-0.15, -0.1) is 0 Å². The van der Waals surface area contributed by atoms with E-state index in [1.807, 2.05) is 32.0 Å². The van der Waals surface area contributed by atoms with E-state index in [0.29, 0.717) is 5.69 Å². The zero-order valence-electron chi connectivity index (χ0n) is 16.9. The first kappa shape index (κ1) is 19.6. The molecule has 0 aromatic heterocycles. The number of nitrogens with zero attached hydrogens (tertiary/aromatic N) is 1. The Morgan fingerprint density at radius 3 is 2.21 bits per heavy atom. The molecule has 2 aliphatic carbocycles. The van der Waals surface area contributed by atoms with Gasteiger partial charge in [0.15, 0.2) is 6.61 Å². The van der Waals surface area contributed by atoms with Gasteiger partial charge in [0.1, 0.15) is 6.04 Å². The molecule has 1 aromatic carbocycles. The highest BCUT2D eigenvalue weighted by Gasteiger charge is 2.62. The van der Waals surface area contributed by atoms with Crippen molar-refractivity contribution in [1.29, 1.82) is 0 Å². The summed E-state index contributed by atoms with van der Waals surface area (Å²) in [4.78, 5) is 51.4. The van der Waals surface area contributed by atoms with E-state index < -0.39 is 24.5 Å². The predicted octanol–water partition coefficient (Wildman–Crippen LogP) is 2.20. The number of hydrogen-bond acceptors (Lipinski definition) is 5. The largest absolute Gasteiger partial charge is 0.454 e. The van der Waals surface area contributed by atoms with E-state index in [0.717, 1.165) is 35.3 Å². The van der Waals surface area contributed by atoms with Crippen molar-refractivity contribution in [3.63, 3.8) is 0 Å². The third-order valence-electron chi connectivity index (χ3n) is 6.78. The summed E-state index contributed by atoms with van der Waals surface area (Å²) in [7, 11) is 0. The van der Waals surface area contributed by atoms with E-state index in [4.69, 9.17) is 4.74 Å². The Kier molecular flexibility index (Phi) is 4.92. The Labute approximate surface area is 169 Å². The van der Waals surface area contributed by atoms with Crippen LogP contribution in [0.5, 0.6) is 0 Å². The minimum Gasteiger partial charge on any atom is -0.454 e. The fraction of sp³-hybridized carbons (Fsp3) is 0.545. The molecule has 7 heteroatoms. The zero-order valence-corrected chi connectivity index (χ0v) is 16.9. The summed E-state index contributed by atoms with van der Waals surface area (Å²) >= 11 is 0. The molecule has 29 heavy (non-hydrogen) atoms. The first-order valence-corrected chi connectivity index (χ1v) is 10.2. The highest BCUT2D eigenvalue weighted by atomic mass is 16.5. The van der Waals surface area contributed by atoms with Crippen molar-refractivity contribution in [2.24, 2.45) is 23.7 Å². The molecule has 3 fully saturated rings. The van der Waals surface area contributed by atoms with Crippen LogP contribution < -0.4 is 5.32 Å². The van der Waals surface area contributed by atoms with Crippen LogP contribution in [0.1, 0.15) is 37.3 Å². The summed E-state index contributed by atoms with van der Waals surface area (Å²) in [5.41, 5.74) is 2.51. The molecule has 3 amide bonds. The molecule has 2 saturated carbocycles. The Bertz CT molecular complexity index is 847. The fourth-order valence-corrected chi connectivity index (χ4v) is 5.36. The molecule has 1 heterocycles. The third-order valence-corrected chi connectivity index (χ3v) is 6.78. The molecule has 4 rings (SSSR count). The van der Waals surface area contributed by atoms with Gasteiger partial charge in [-0.3, -0.25) is 19.3 Å². The topological polar surface area (TPSA) is 92.8 Å². The quantitative estimate of drug-likeness (QED) is 0.606. The molecule has 7 nitrogen and oxygen atoms in total. The number of aryl methyl sites for hydroxylation is 2. The molecule has 154 valence electrons. The summed E-state index contributed by atoms with van der Waals surface area (Å²) < 4.78 is 5.12. The zero-order chi connectivity index (χ0) is 20.9. The summed E-state index contributed by atoms with van der Waals surface area (Å²) in [5, 5.41) is 2.75. The number of ether oxygens (including phenoxy) is 1. The van der Waals surface area contributed by atoms with Crippen LogP contribution >= 0.6 is 0 Å². The molecule has 0 radical (unpaired) electrons. The second-order valence-electron chi connectivity index (χ2n) is 8.53. The minimum atomic E-state index is -1.02. The maximum Gasteiger partial charge on any atom is 0.329 e. The SMILES string of the molecule is Cc1cccc(C)c1NC(=O)COC(=O)[C@H](C)N1C(=O)[C@H]2[C@@H]3CC[C@@H](C3)[C@@H]2C1=O. The van der Waals surface area contributed by atoms with E-state index >= 15 is 0 Å². The van der Waals surface area contributed by atoms with Crippen molar-refractivity contribution in [3.05, 3.63) is 29.3 Å². The smallest absolute Gasteiger partial charge is 0.329 e. The number of rotatable bonds is 5. The lowest BCUT2D eigenvalue weighted by Gasteiger charge is -2.23. The number of benzene rings is 1. The first-order chi connectivity index (χ1) is 13.8. The summed E-state index contributed by atoms with van der Waals surface area (Å²) in [6, 6.07) is 4.64. The van der Waals surface area contributed by atoms with Crippen LogP contribution in [0, 0.1) is 37.5 Å². The van der Waals surface area contributed by atoms with E-state index in [1.54, 1.807) is 0 Å². The van der Waals surface area contributed by atoms with E-state index in [-0.39, 0.29) is 35.5 Å². The lowest BCUT2D eigenvalue weighted by atomic mass is 9.81. The molecule has 5 atom stereocenters. The van der Waals surface area contributed by atoms with Gasteiger partial charge < -0.3 is 10.1 Å². The number of carbonyl (C=O) groups excluding carboxylic acids is 4. The maximum atomic E-state index is 12.8. The van der Waals surface area contributed by atoms with Gasteiger partial charge in [-0.05, 0) is 63.0 Å². The van der Waals surface area contributed by atoms with Gasteiger partial charge >= 0.3 is 5.97 Å². The van der Waals surface area contributed by atoms with Gasteiger partial charge in [-0.1, -0.05) is 18.2 Å². The summed E-state index contributed by atoms with van der Waals surface area (Å²) in [5.74, 6) is -1.73. The first-order valence-electron chi connectivity index (χ1n) is 10.2. The third kappa shape index (κ3) is 3.22. The average molecular weight is 398 g/mol. The number of hydrogen-bond donors (Lipinski definition) is 1. The predicted molar refractivity (Wildman–Crippen MR) is 105 cm³/mol. The molecule has 1 aliphatic heterocycles. The Morgan fingerprint density at radius 1 is 1.10 bits per heavy atom. The molecular formula is C22H26N2O5. The average Bonchev–Trinajstić information content (AvgIpc) is 3.36. The van der Waals surface area contributed by atoms with Crippen LogP contribution in [0.15, 0.2) is 18.2 Å². The molecular weight excluding hydrogens is 372 g/mol. The molecule has 1 aromatic rings. The van der Waals surface area contributed by atoms with Crippen molar-refractivity contribution in [3.8, 4) is 0 Å². The van der Waals surface area contributed by atoms with Crippen LogP contribution in [-0.4, -0.2) is 41.2 Å². The fourth-order valence-electron chi connectivity index (χ4n) is 5.36. The van der Waals surface area contributed by atoms with Gasteiger partial charge in [-0.25, -0.2) is 4.79 Å². The number of amides is 3. The molecule has 3 aliphatic rings. The number of anilines is 1. The number of imide groups is 1. The number of fused-ring (bicyclic) bond motifs is 5. The molecule has 1 saturated heterocycles. The number of likely N-dealkylation sites (tertiary alicyclic amines) is 1. The molecule has 2 bridgehead atoms. The van der Waals surface area contributed by atoms with Crippen molar-refractivity contribution in [1.82, 2.24) is 4.90 Å². The second kappa shape index (κ2) is 7.28. The van der Waals surface area contributed by atoms with Crippen LogP contribution in [0.2, 0.25) is 0 Å². The number of carbonyl (C=O) groups is 4. The van der Waals surface area contributed by atoms with Gasteiger partial charge in [0.05, 0.1) is 11.8 Å². The number of nitrogens with one attached hydrogen (secondary N) is 1. The number of para-hydroxylation sites is 1. The summed E-state index contributed by atoms with van der Waals surface area (Å²) in [6.45, 7) is 4.78. The Hall–Kier alpha value is -2.70. The Morgan fingerprint density at radius 2 is 1.66 bits per heavy atom. The molecule has 0 spiro atoms. The van der Waals surface area contributed by atoms with Crippen LogP contribution in [0.4, 0.5) is 5.69 Å². The van der Waals surface area contributed by atoms with E-state index in [1.165, 1.54) is 6.92 Å². The van der Waals surface area contributed by atoms with Gasteiger partial charge in [0, 0.05) is 5.69 Å². The lowest BCUT2D eigenvalue weighted by molar-refractivity contribution is -0.159. The van der Waals surface area contributed by atoms with Crippen LogP contribution in [0.3, 0.4) is 0 Å². The minimum absolute atomic E-state index is 0.253. The maximum absolute atomic E-state index is 12.8. The normalized spacial score (nSPS) is 28.4. The van der Waals surface area contributed by atoms with Crippen molar-refractivity contribution in [2.75, 3.05) is 11.9 Å². The highest BCUT2D eigenvalue weighted by Crippen LogP contribution is 2.56. The molecule has 1 N–H and O–H groups in total. The second-order valence-corrected chi connectivity index (χ2v) is 8.53. The standard InChI is InChI=1S/C22H26N2O5/c1-11-5-4-6-12(2)19(11)23-16(25)10-29-22(28)13(3)24-20(26)17-14-7-8-15(9-14)18(17)21(24)27/h4-6,13-15,17-18H,7-10H2,1-3H3,(H,23,25)/t13-,14-,15+,17-,18-/m0/s1. The van der Waals surface area contributed by atoms with Gasteiger partial charge in [-0.2, -0.15) is 0 Å². The van der Waals surface area contributed by atoms with Gasteiger partial charge in [0.2, 0.25) is 11.8 Å². The number of esters is 1. The van der Waals surface area contributed by atoms with Crippen molar-refractivity contribution >= 4 is 29.4 Å². The van der Waals surface area contributed by atoms with E-state index in [2.05, 4.69) is 5.32 Å². The monoisotopic (exact) mass is 398 g/mol. The molecule has 0 unspecified atom stereocenters. The summed E-state index contributed by atoms with van der Waals surface area (Å²) in [6.07, 6.45) is 2.91. The lowest BCUT2D eigenvalue weighted by Crippen LogP contribution is -2.45. The Balaban J connectivity index is 1.36. The van der Waals surface area contributed by atoms with Crippen LogP contribution in [-0.2, 0) is 23.9 Å². The van der Waals surface area contributed by atoms with Crippen LogP contribution in [0.25, 0.3) is 0 Å². The van der Waals surface area contributed by atoms with Crippen molar-refractivity contribution < 1.29 is 23.9 Å².